The molecule has 148 valence electrons. The molecular weight excluding hydrogens is 436 g/mol. The van der Waals surface area contributed by atoms with E-state index in [0.717, 1.165) is 16.8 Å². The first-order chi connectivity index (χ1) is 13.8. The zero-order valence-corrected chi connectivity index (χ0v) is 17.0. The van der Waals surface area contributed by atoms with Gasteiger partial charge in [-0.05, 0) is 48.6 Å². The Bertz CT molecular complexity index is 1020. The zero-order valence-electron chi connectivity index (χ0n) is 14.6. The van der Waals surface area contributed by atoms with Gasteiger partial charge in [-0.1, -0.05) is 41.6 Å². The van der Waals surface area contributed by atoms with Crippen molar-refractivity contribution in [3.05, 3.63) is 69.6 Å². The number of carbonyl (C=O) groups is 3. The number of aliphatic carboxylic acids is 1. The first-order valence-corrected chi connectivity index (χ1v) is 9.73. The van der Waals surface area contributed by atoms with Gasteiger partial charge in [0.2, 0.25) is 0 Å². The second-order valence-corrected chi connectivity index (χ2v) is 7.80. The van der Waals surface area contributed by atoms with E-state index in [0.29, 0.717) is 21.9 Å². The van der Waals surface area contributed by atoms with Gasteiger partial charge in [-0.2, -0.15) is 5.01 Å². The molecule has 29 heavy (non-hydrogen) atoms. The number of hydrazine groups is 1. The van der Waals surface area contributed by atoms with Gasteiger partial charge in [-0.25, -0.2) is 4.79 Å². The minimum absolute atomic E-state index is 0.160. The average molecular weight is 449 g/mol. The van der Waals surface area contributed by atoms with Gasteiger partial charge in [-0.3, -0.25) is 15.0 Å². The van der Waals surface area contributed by atoms with Crippen LogP contribution >= 0.6 is 35.6 Å². The van der Waals surface area contributed by atoms with E-state index in [4.69, 9.17) is 33.7 Å². The molecule has 0 atom stereocenters. The third-order valence-corrected chi connectivity index (χ3v) is 5.22. The molecule has 3 rings (SSSR count). The van der Waals surface area contributed by atoms with Gasteiger partial charge < -0.3 is 9.84 Å². The van der Waals surface area contributed by atoms with Gasteiger partial charge in [0.1, 0.15) is 5.75 Å². The Morgan fingerprint density at radius 3 is 2.59 bits per heavy atom. The molecular formula is C19H13ClN2O5S2. The van der Waals surface area contributed by atoms with E-state index < -0.39 is 24.4 Å². The smallest absolute Gasteiger partial charge is 0.341 e. The number of carbonyl (C=O) groups excluding carboxylic acids is 2. The molecule has 0 aliphatic carbocycles. The Kier molecular flexibility index (Phi) is 6.53. The number of rotatable bonds is 6. The fourth-order valence-electron chi connectivity index (χ4n) is 2.34. The summed E-state index contributed by atoms with van der Waals surface area (Å²) in [5.41, 5.74) is 3.31. The van der Waals surface area contributed by atoms with E-state index in [1.807, 2.05) is 0 Å². The van der Waals surface area contributed by atoms with Crippen LogP contribution in [0, 0.1) is 0 Å². The molecule has 0 bridgehead atoms. The second-order valence-electron chi connectivity index (χ2n) is 5.69. The largest absolute Gasteiger partial charge is 0.481 e. The van der Waals surface area contributed by atoms with Crippen LogP contribution in [0.1, 0.15) is 15.9 Å². The maximum Gasteiger partial charge on any atom is 0.341 e. The van der Waals surface area contributed by atoms with Crippen molar-refractivity contribution >= 4 is 63.8 Å². The van der Waals surface area contributed by atoms with E-state index in [9.17, 15) is 14.4 Å². The lowest BCUT2D eigenvalue weighted by atomic mass is 10.2. The van der Waals surface area contributed by atoms with Crippen molar-refractivity contribution < 1.29 is 24.2 Å². The highest BCUT2D eigenvalue weighted by Gasteiger charge is 2.34. The summed E-state index contributed by atoms with van der Waals surface area (Å²) in [6.07, 6.45) is 1.53. The third kappa shape index (κ3) is 5.14. The van der Waals surface area contributed by atoms with Crippen molar-refractivity contribution in [3.8, 4) is 5.75 Å². The Morgan fingerprint density at radius 2 is 1.90 bits per heavy atom. The standard InChI is InChI=1S/C19H13ClN2O5S2/c20-13-7-5-11(6-8-13)17(25)21-22-18(26)15(29-19(22)28)9-12-3-1-2-4-14(12)27-10-16(23)24/h1-9H,10H2,(H,21,25)(H,23,24)/b15-9+. The highest BCUT2D eigenvalue weighted by atomic mass is 35.5. The summed E-state index contributed by atoms with van der Waals surface area (Å²) in [6, 6.07) is 12.9. The van der Waals surface area contributed by atoms with E-state index in [1.54, 1.807) is 36.4 Å². The molecule has 2 amide bonds. The molecule has 1 aliphatic rings. The lowest BCUT2D eigenvalue weighted by molar-refractivity contribution is -0.139. The Hall–Kier alpha value is -2.88. The van der Waals surface area contributed by atoms with Crippen LogP contribution in [0.15, 0.2) is 53.4 Å². The highest BCUT2D eigenvalue weighted by Crippen LogP contribution is 2.33. The molecule has 7 nitrogen and oxygen atoms in total. The number of carboxylic acid groups (broad SMARTS) is 1. The molecule has 2 aromatic carbocycles. The van der Waals surface area contributed by atoms with Gasteiger partial charge in [0.15, 0.2) is 10.9 Å². The molecule has 0 saturated carbocycles. The fourth-order valence-corrected chi connectivity index (χ4v) is 3.64. The van der Waals surface area contributed by atoms with Crippen molar-refractivity contribution in [1.29, 1.82) is 0 Å². The topological polar surface area (TPSA) is 95.9 Å². The molecule has 10 heteroatoms. The predicted octanol–water partition coefficient (Wildman–Crippen LogP) is 3.35. The molecule has 0 radical (unpaired) electrons. The number of hydrogen-bond acceptors (Lipinski definition) is 6. The number of ether oxygens (including phenoxy) is 1. The summed E-state index contributed by atoms with van der Waals surface area (Å²) in [6.45, 7) is -0.511. The SMILES string of the molecule is O=C(O)COc1ccccc1/C=C1/SC(=S)N(NC(=O)c2ccc(Cl)cc2)C1=O. The molecule has 0 aromatic heterocycles. The van der Waals surface area contributed by atoms with E-state index in [2.05, 4.69) is 5.43 Å². The zero-order chi connectivity index (χ0) is 21.0. The van der Waals surface area contributed by atoms with Crippen LogP contribution in [0.25, 0.3) is 6.08 Å². The lowest BCUT2D eigenvalue weighted by Crippen LogP contribution is -2.44. The number of halogens is 1. The van der Waals surface area contributed by atoms with Crippen LogP contribution in [-0.4, -0.2) is 38.8 Å². The molecule has 1 saturated heterocycles. The first-order valence-electron chi connectivity index (χ1n) is 8.13. The lowest BCUT2D eigenvalue weighted by Gasteiger charge is -2.15. The average Bonchev–Trinajstić information content (AvgIpc) is 2.95. The van der Waals surface area contributed by atoms with E-state index in [1.165, 1.54) is 18.2 Å². The summed E-state index contributed by atoms with van der Waals surface area (Å²) in [5, 5.41) is 10.3. The number of nitrogens with one attached hydrogen (secondary N) is 1. The molecule has 2 aromatic rings. The number of thiocarbonyl (C=S) groups is 1. The summed E-state index contributed by atoms with van der Waals surface area (Å²) in [4.78, 5) is 36.1. The third-order valence-electron chi connectivity index (χ3n) is 3.67. The monoisotopic (exact) mass is 448 g/mol. The fraction of sp³-hybridized carbons (Fsp3) is 0.0526. The first kappa shape index (κ1) is 20.8. The van der Waals surface area contributed by atoms with Crippen molar-refractivity contribution in [3.63, 3.8) is 0 Å². The van der Waals surface area contributed by atoms with Gasteiger partial charge in [-0.15, -0.1) is 0 Å². The number of nitrogens with zero attached hydrogens (tertiary/aromatic N) is 1. The van der Waals surface area contributed by atoms with Crippen molar-refractivity contribution in [2.45, 2.75) is 0 Å². The number of hydrogen-bond donors (Lipinski definition) is 2. The molecule has 1 fully saturated rings. The van der Waals surface area contributed by atoms with Crippen LogP contribution in [-0.2, 0) is 9.59 Å². The number of carboxylic acids is 1. The molecule has 2 N–H and O–H groups in total. The normalized spacial score (nSPS) is 14.9. The van der Waals surface area contributed by atoms with Crippen molar-refractivity contribution in [2.24, 2.45) is 0 Å². The second kappa shape index (κ2) is 9.08. The van der Waals surface area contributed by atoms with Gasteiger partial charge in [0.05, 0.1) is 4.91 Å². The predicted molar refractivity (Wildman–Crippen MR) is 114 cm³/mol. The molecule has 1 heterocycles. The van der Waals surface area contributed by atoms with E-state index in [-0.39, 0.29) is 9.23 Å². The molecule has 0 spiro atoms. The summed E-state index contributed by atoms with van der Waals surface area (Å²) in [5.74, 6) is -1.82. The highest BCUT2D eigenvalue weighted by molar-refractivity contribution is 8.26. The van der Waals surface area contributed by atoms with Gasteiger partial charge >= 0.3 is 5.97 Å². The van der Waals surface area contributed by atoms with Crippen molar-refractivity contribution in [1.82, 2.24) is 10.4 Å². The number of para-hydroxylation sites is 1. The maximum atomic E-state index is 12.7. The van der Waals surface area contributed by atoms with E-state index >= 15 is 0 Å². The van der Waals surface area contributed by atoms with Crippen LogP contribution in [0.2, 0.25) is 5.02 Å². The summed E-state index contributed by atoms with van der Waals surface area (Å²) < 4.78 is 5.40. The number of amides is 2. The minimum atomic E-state index is -1.11. The van der Waals surface area contributed by atoms with Crippen LogP contribution < -0.4 is 10.2 Å². The Labute approximate surface area is 180 Å². The number of thioether (sulfide) groups is 1. The van der Waals surface area contributed by atoms with Gasteiger partial charge in [0, 0.05) is 16.1 Å². The molecule has 0 unspecified atom stereocenters. The summed E-state index contributed by atoms with van der Waals surface area (Å²) >= 11 is 12.0. The van der Waals surface area contributed by atoms with Crippen molar-refractivity contribution in [2.75, 3.05) is 6.61 Å². The quantitative estimate of drug-likeness (QED) is 0.516. The summed E-state index contributed by atoms with van der Waals surface area (Å²) in [7, 11) is 0. The van der Waals surface area contributed by atoms with Crippen LogP contribution in [0.4, 0.5) is 0 Å². The van der Waals surface area contributed by atoms with Crippen LogP contribution in [0.3, 0.4) is 0 Å². The molecule has 1 aliphatic heterocycles. The van der Waals surface area contributed by atoms with Crippen LogP contribution in [0.5, 0.6) is 5.75 Å². The Balaban J connectivity index is 1.77. The Morgan fingerprint density at radius 1 is 1.21 bits per heavy atom. The minimum Gasteiger partial charge on any atom is -0.481 e. The number of benzene rings is 2. The maximum absolute atomic E-state index is 12.7. The van der Waals surface area contributed by atoms with Gasteiger partial charge in [0.25, 0.3) is 11.8 Å².